The number of fused-ring (bicyclic) bond motifs is 1. The van der Waals surface area contributed by atoms with Crippen LogP contribution in [0.25, 0.3) is 5.65 Å². The van der Waals surface area contributed by atoms with Gasteiger partial charge >= 0.3 is 0 Å². The van der Waals surface area contributed by atoms with Crippen LogP contribution in [0.15, 0.2) is 36.7 Å². The Labute approximate surface area is 163 Å². The first-order chi connectivity index (χ1) is 13.0. The molecule has 0 aliphatic carbocycles. The summed E-state index contributed by atoms with van der Waals surface area (Å²) in [5.74, 6) is 6.93. The first kappa shape index (κ1) is 18.0. The molecule has 0 spiro atoms. The number of rotatable bonds is 3. The van der Waals surface area contributed by atoms with Crippen molar-refractivity contribution in [3.05, 3.63) is 46.4 Å². The molecule has 0 unspecified atom stereocenters. The standard InChI is InChI=1S/C20H23N5OS/c1-20(2,26)8-7-16-3-4-17(27-16)15-23-11-13-24(14-12-23)19-6-5-18-21-9-10-25(18)22-19/h3-6,9-10,26H,11-15H2,1-2H3. The number of hydrogen-bond acceptors (Lipinski definition) is 6. The molecule has 7 heteroatoms. The molecule has 1 aliphatic rings. The minimum Gasteiger partial charge on any atom is -0.378 e. The maximum atomic E-state index is 9.72. The summed E-state index contributed by atoms with van der Waals surface area (Å²) >= 11 is 1.70. The fourth-order valence-corrected chi connectivity index (χ4v) is 3.98. The zero-order valence-corrected chi connectivity index (χ0v) is 16.4. The molecule has 0 aromatic carbocycles. The van der Waals surface area contributed by atoms with Gasteiger partial charge in [0.05, 0.1) is 4.88 Å². The Hall–Kier alpha value is -2.40. The van der Waals surface area contributed by atoms with Crippen LogP contribution in [0, 0.1) is 11.8 Å². The van der Waals surface area contributed by atoms with Gasteiger partial charge < -0.3 is 10.0 Å². The minimum atomic E-state index is -0.950. The smallest absolute Gasteiger partial charge is 0.153 e. The highest BCUT2D eigenvalue weighted by molar-refractivity contribution is 7.12. The molecule has 1 saturated heterocycles. The third kappa shape index (κ3) is 4.48. The molecule has 140 valence electrons. The van der Waals surface area contributed by atoms with Crippen molar-refractivity contribution in [3.63, 3.8) is 0 Å². The molecular formula is C20H23N5OS. The summed E-state index contributed by atoms with van der Waals surface area (Å²) in [5, 5.41) is 14.4. The van der Waals surface area contributed by atoms with E-state index in [1.54, 1.807) is 31.4 Å². The van der Waals surface area contributed by atoms with Crippen molar-refractivity contribution in [2.24, 2.45) is 0 Å². The van der Waals surface area contributed by atoms with E-state index in [4.69, 9.17) is 0 Å². The van der Waals surface area contributed by atoms with E-state index in [2.05, 4.69) is 37.8 Å². The lowest BCUT2D eigenvalue weighted by atomic mass is 10.1. The molecule has 0 radical (unpaired) electrons. The number of aliphatic hydroxyl groups is 1. The topological polar surface area (TPSA) is 56.9 Å². The maximum Gasteiger partial charge on any atom is 0.153 e. The Morgan fingerprint density at radius 1 is 1.15 bits per heavy atom. The number of thiophene rings is 1. The van der Waals surface area contributed by atoms with E-state index in [1.807, 2.05) is 28.9 Å². The first-order valence-electron chi connectivity index (χ1n) is 9.08. The zero-order chi connectivity index (χ0) is 18.9. The van der Waals surface area contributed by atoms with Crippen LogP contribution in [0.1, 0.15) is 23.6 Å². The van der Waals surface area contributed by atoms with Crippen molar-refractivity contribution in [2.75, 3.05) is 31.1 Å². The van der Waals surface area contributed by atoms with Crippen LogP contribution in [0.4, 0.5) is 5.82 Å². The summed E-state index contributed by atoms with van der Waals surface area (Å²) in [6.45, 7) is 8.28. The summed E-state index contributed by atoms with van der Waals surface area (Å²) in [5.41, 5.74) is -0.0765. The lowest BCUT2D eigenvalue weighted by molar-refractivity contribution is 0.143. The largest absolute Gasteiger partial charge is 0.378 e. The van der Waals surface area contributed by atoms with Gasteiger partial charge in [0.1, 0.15) is 11.4 Å². The predicted molar refractivity (Wildman–Crippen MR) is 108 cm³/mol. The van der Waals surface area contributed by atoms with Gasteiger partial charge in [0.2, 0.25) is 0 Å². The molecule has 4 rings (SSSR count). The van der Waals surface area contributed by atoms with Gasteiger partial charge in [0.15, 0.2) is 5.65 Å². The van der Waals surface area contributed by atoms with Crippen LogP contribution in [0.3, 0.4) is 0 Å². The van der Waals surface area contributed by atoms with Crippen LogP contribution in [0.5, 0.6) is 0 Å². The van der Waals surface area contributed by atoms with Gasteiger partial charge in [-0.1, -0.05) is 11.8 Å². The Kier molecular flexibility index (Phi) is 4.87. The number of hydrogen-bond donors (Lipinski definition) is 1. The molecule has 0 bridgehead atoms. The molecule has 0 saturated carbocycles. The number of nitrogens with zero attached hydrogens (tertiary/aromatic N) is 5. The average molecular weight is 382 g/mol. The third-order valence-electron chi connectivity index (χ3n) is 4.47. The van der Waals surface area contributed by atoms with Gasteiger partial charge in [0, 0.05) is 50.0 Å². The summed E-state index contributed by atoms with van der Waals surface area (Å²) < 4.78 is 1.82. The van der Waals surface area contributed by atoms with E-state index in [0.717, 1.165) is 49.1 Å². The molecule has 1 fully saturated rings. The summed E-state index contributed by atoms with van der Waals surface area (Å²) in [6.07, 6.45) is 3.65. The molecule has 0 atom stereocenters. The van der Waals surface area contributed by atoms with E-state index in [0.29, 0.717) is 0 Å². The minimum absolute atomic E-state index is 0.874. The number of aromatic nitrogens is 3. The van der Waals surface area contributed by atoms with Gasteiger partial charge in [-0.2, -0.15) is 0 Å². The van der Waals surface area contributed by atoms with Gasteiger partial charge in [-0.3, -0.25) is 4.90 Å². The van der Waals surface area contributed by atoms with Crippen molar-refractivity contribution < 1.29 is 5.11 Å². The van der Waals surface area contributed by atoms with E-state index >= 15 is 0 Å². The monoisotopic (exact) mass is 381 g/mol. The van der Waals surface area contributed by atoms with Crippen molar-refractivity contribution in [2.45, 2.75) is 26.0 Å². The average Bonchev–Trinajstić information content (AvgIpc) is 3.28. The first-order valence-corrected chi connectivity index (χ1v) is 9.90. The molecule has 1 N–H and O–H groups in total. The molecule has 0 amide bonds. The highest BCUT2D eigenvalue weighted by atomic mass is 32.1. The molecule has 3 aromatic heterocycles. The fourth-order valence-electron chi connectivity index (χ4n) is 3.07. The van der Waals surface area contributed by atoms with Crippen LogP contribution in [0.2, 0.25) is 0 Å². The lowest BCUT2D eigenvalue weighted by Crippen LogP contribution is -2.46. The second-order valence-electron chi connectivity index (χ2n) is 7.26. The molecule has 27 heavy (non-hydrogen) atoms. The Morgan fingerprint density at radius 2 is 1.96 bits per heavy atom. The maximum absolute atomic E-state index is 9.72. The van der Waals surface area contributed by atoms with Crippen LogP contribution < -0.4 is 4.90 Å². The molecular weight excluding hydrogens is 358 g/mol. The van der Waals surface area contributed by atoms with Crippen LogP contribution in [-0.4, -0.2) is 56.4 Å². The molecule has 1 aliphatic heterocycles. The quantitative estimate of drug-likeness (QED) is 0.705. The highest BCUT2D eigenvalue weighted by Gasteiger charge is 2.19. The lowest BCUT2D eigenvalue weighted by Gasteiger charge is -2.35. The highest BCUT2D eigenvalue weighted by Crippen LogP contribution is 2.20. The van der Waals surface area contributed by atoms with Crippen molar-refractivity contribution in [1.82, 2.24) is 19.5 Å². The Bertz CT molecular complexity index is 983. The molecule has 4 heterocycles. The number of imidazole rings is 1. The van der Waals surface area contributed by atoms with Gasteiger partial charge in [0.25, 0.3) is 0 Å². The molecule has 6 nitrogen and oxygen atoms in total. The molecule has 3 aromatic rings. The van der Waals surface area contributed by atoms with Gasteiger partial charge in [-0.05, 0) is 38.1 Å². The fraction of sp³-hybridized carbons (Fsp3) is 0.400. The third-order valence-corrected chi connectivity index (χ3v) is 5.46. The van der Waals surface area contributed by atoms with Crippen LogP contribution in [-0.2, 0) is 6.54 Å². The van der Waals surface area contributed by atoms with Crippen LogP contribution >= 0.6 is 11.3 Å². The van der Waals surface area contributed by atoms with E-state index in [-0.39, 0.29) is 0 Å². The van der Waals surface area contributed by atoms with Crippen molar-refractivity contribution in [1.29, 1.82) is 0 Å². The van der Waals surface area contributed by atoms with Gasteiger partial charge in [-0.25, -0.2) is 9.50 Å². The summed E-state index contributed by atoms with van der Waals surface area (Å²) in [7, 11) is 0. The summed E-state index contributed by atoms with van der Waals surface area (Å²) in [6, 6.07) is 8.24. The second kappa shape index (κ2) is 7.31. The zero-order valence-electron chi connectivity index (χ0n) is 15.6. The predicted octanol–water partition coefficient (Wildman–Crippen LogP) is 2.24. The van der Waals surface area contributed by atoms with E-state index in [9.17, 15) is 5.11 Å². The Balaban J connectivity index is 1.34. The SMILES string of the molecule is CC(C)(O)C#Cc1ccc(CN2CCN(c3ccc4nccn4n3)CC2)s1. The second-order valence-corrected chi connectivity index (χ2v) is 8.43. The van der Waals surface area contributed by atoms with E-state index in [1.165, 1.54) is 4.88 Å². The number of anilines is 1. The normalized spacial score (nSPS) is 15.7. The van der Waals surface area contributed by atoms with Gasteiger partial charge in [-0.15, -0.1) is 16.4 Å². The van der Waals surface area contributed by atoms with Crippen molar-refractivity contribution in [3.8, 4) is 11.8 Å². The number of piperazine rings is 1. The Morgan fingerprint density at radius 3 is 2.74 bits per heavy atom. The van der Waals surface area contributed by atoms with Crippen molar-refractivity contribution >= 4 is 22.8 Å². The summed E-state index contributed by atoms with van der Waals surface area (Å²) in [4.78, 5) is 11.3. The van der Waals surface area contributed by atoms with E-state index < -0.39 is 5.60 Å².